The maximum Gasteiger partial charge on any atom is 0.209 e. The minimum absolute atomic E-state index is 0.0186. The van der Waals surface area contributed by atoms with Gasteiger partial charge in [-0.25, -0.2) is 13.1 Å². The van der Waals surface area contributed by atoms with Crippen LogP contribution in [0.25, 0.3) is 0 Å². The van der Waals surface area contributed by atoms with Crippen LogP contribution in [0.4, 0.5) is 0 Å². The van der Waals surface area contributed by atoms with Crippen molar-refractivity contribution in [3.8, 4) is 0 Å². The van der Waals surface area contributed by atoms with Crippen LogP contribution in [0.1, 0.15) is 25.7 Å². The van der Waals surface area contributed by atoms with Crippen LogP contribution in [0.2, 0.25) is 0 Å². The van der Waals surface area contributed by atoms with E-state index < -0.39 is 9.84 Å². The lowest BCUT2D eigenvalue weighted by Crippen LogP contribution is -2.28. The predicted molar refractivity (Wildman–Crippen MR) is 71.6 cm³/mol. The van der Waals surface area contributed by atoms with Crippen molar-refractivity contribution in [2.45, 2.75) is 47.9 Å². The lowest BCUT2D eigenvalue weighted by molar-refractivity contribution is 0.262. The molecule has 0 aromatic carbocycles. The van der Waals surface area contributed by atoms with Crippen LogP contribution in [0.15, 0.2) is 5.16 Å². The van der Waals surface area contributed by atoms with E-state index in [9.17, 15) is 8.42 Å². The fourth-order valence-electron chi connectivity index (χ4n) is 2.26. The molecule has 1 aliphatic rings. The van der Waals surface area contributed by atoms with Crippen molar-refractivity contribution < 1.29 is 13.5 Å². The molecule has 1 saturated carbocycles. The third kappa shape index (κ3) is 3.90. The number of sulfone groups is 1. The van der Waals surface area contributed by atoms with Crippen molar-refractivity contribution in [1.29, 1.82) is 0 Å². The van der Waals surface area contributed by atoms with Crippen molar-refractivity contribution >= 4 is 21.6 Å². The van der Waals surface area contributed by atoms with Gasteiger partial charge in [-0.2, -0.15) is 0 Å². The molecule has 1 fully saturated rings. The topological polar surface area (TPSA) is 98.0 Å². The van der Waals surface area contributed by atoms with Gasteiger partial charge in [0.15, 0.2) is 0 Å². The molecule has 0 saturated heterocycles. The highest BCUT2D eigenvalue weighted by atomic mass is 32.2. The summed E-state index contributed by atoms with van der Waals surface area (Å²) in [6.45, 7) is 0.340. The molecule has 1 aromatic heterocycles. The molecule has 0 radical (unpaired) electrons. The monoisotopic (exact) mass is 306 g/mol. The van der Waals surface area contributed by atoms with Crippen LogP contribution in [-0.4, -0.2) is 57.1 Å². The van der Waals surface area contributed by atoms with Gasteiger partial charge in [0.2, 0.25) is 5.16 Å². The Morgan fingerprint density at radius 3 is 2.95 bits per heavy atom. The van der Waals surface area contributed by atoms with E-state index in [1.165, 1.54) is 18.0 Å². The summed E-state index contributed by atoms with van der Waals surface area (Å²) in [6.07, 6.45) is 4.59. The number of rotatable bonds is 5. The van der Waals surface area contributed by atoms with Crippen LogP contribution in [0, 0.1) is 0 Å². The SMILES string of the molecule is CS(=O)(=O)C1CCCC(Sc2nnnn2CCO)C1. The Kier molecular flexibility index (Phi) is 4.80. The van der Waals surface area contributed by atoms with Crippen molar-refractivity contribution in [3.05, 3.63) is 0 Å². The minimum atomic E-state index is -2.97. The highest BCUT2D eigenvalue weighted by molar-refractivity contribution is 7.99. The molecule has 9 heteroatoms. The van der Waals surface area contributed by atoms with Crippen LogP contribution in [0.5, 0.6) is 0 Å². The second-order valence-corrected chi connectivity index (χ2v) is 8.36. The summed E-state index contributed by atoms with van der Waals surface area (Å²) in [4.78, 5) is 0. The molecule has 0 amide bonds. The molecule has 1 aromatic rings. The Labute approximate surface area is 116 Å². The summed E-state index contributed by atoms with van der Waals surface area (Å²) in [6, 6.07) is 0. The van der Waals surface area contributed by atoms with Crippen LogP contribution < -0.4 is 0 Å². The molecule has 1 aliphatic carbocycles. The number of tetrazole rings is 1. The van der Waals surface area contributed by atoms with Gasteiger partial charge in [0, 0.05) is 11.5 Å². The van der Waals surface area contributed by atoms with Gasteiger partial charge in [-0.05, 0) is 29.7 Å². The van der Waals surface area contributed by atoms with Gasteiger partial charge >= 0.3 is 0 Å². The molecule has 2 atom stereocenters. The van der Waals surface area contributed by atoms with Crippen molar-refractivity contribution in [2.24, 2.45) is 0 Å². The summed E-state index contributed by atoms with van der Waals surface area (Å²) >= 11 is 1.51. The highest BCUT2D eigenvalue weighted by Crippen LogP contribution is 2.34. The average molecular weight is 306 g/mol. The van der Waals surface area contributed by atoms with Gasteiger partial charge in [-0.3, -0.25) is 0 Å². The van der Waals surface area contributed by atoms with Gasteiger partial charge < -0.3 is 5.11 Å². The smallest absolute Gasteiger partial charge is 0.209 e. The second-order valence-electron chi connectivity index (χ2n) is 4.77. The van der Waals surface area contributed by atoms with E-state index in [-0.39, 0.29) is 17.1 Å². The van der Waals surface area contributed by atoms with E-state index in [0.29, 0.717) is 18.1 Å². The van der Waals surface area contributed by atoms with E-state index >= 15 is 0 Å². The summed E-state index contributed by atoms with van der Waals surface area (Å²) in [5.74, 6) is 0. The van der Waals surface area contributed by atoms with Gasteiger partial charge in [0.1, 0.15) is 9.84 Å². The Balaban J connectivity index is 2.01. The van der Waals surface area contributed by atoms with Gasteiger partial charge in [0.25, 0.3) is 0 Å². The van der Waals surface area contributed by atoms with E-state index in [1.807, 2.05) is 0 Å². The van der Waals surface area contributed by atoms with E-state index in [0.717, 1.165) is 19.3 Å². The van der Waals surface area contributed by atoms with Crippen molar-refractivity contribution in [3.63, 3.8) is 0 Å². The summed E-state index contributed by atoms with van der Waals surface area (Å²) in [5, 5.41) is 20.8. The predicted octanol–water partition coefficient (Wildman–Crippen LogP) is 0.113. The molecule has 2 unspecified atom stereocenters. The number of aromatic nitrogens is 4. The highest BCUT2D eigenvalue weighted by Gasteiger charge is 2.30. The fraction of sp³-hybridized carbons (Fsp3) is 0.900. The number of thioether (sulfide) groups is 1. The lowest BCUT2D eigenvalue weighted by atomic mass is 10.00. The second kappa shape index (κ2) is 6.19. The minimum Gasteiger partial charge on any atom is -0.394 e. The first-order valence-electron chi connectivity index (χ1n) is 6.23. The zero-order chi connectivity index (χ0) is 13.9. The molecule has 108 valence electrons. The van der Waals surface area contributed by atoms with E-state index in [2.05, 4.69) is 15.5 Å². The largest absolute Gasteiger partial charge is 0.394 e. The Morgan fingerprint density at radius 1 is 1.47 bits per heavy atom. The molecule has 0 aliphatic heterocycles. The third-order valence-corrected chi connectivity index (χ3v) is 6.17. The Hall–Kier alpha value is -0.670. The van der Waals surface area contributed by atoms with Crippen LogP contribution >= 0.6 is 11.8 Å². The molecule has 7 nitrogen and oxygen atoms in total. The van der Waals surface area contributed by atoms with Crippen LogP contribution in [0.3, 0.4) is 0 Å². The molecule has 0 spiro atoms. The van der Waals surface area contributed by atoms with Gasteiger partial charge in [-0.1, -0.05) is 18.2 Å². The summed E-state index contributed by atoms with van der Waals surface area (Å²) in [5.41, 5.74) is 0. The van der Waals surface area contributed by atoms with Gasteiger partial charge in [0.05, 0.1) is 18.4 Å². The standard InChI is InChI=1S/C10H18N4O3S2/c1-19(16,17)9-4-2-3-8(7-9)18-10-11-12-13-14(10)5-6-15/h8-9,15H,2-7H2,1H3. The van der Waals surface area contributed by atoms with E-state index in [4.69, 9.17) is 5.11 Å². The number of nitrogens with zero attached hydrogens (tertiary/aromatic N) is 4. The number of aliphatic hydroxyl groups is 1. The normalized spacial score (nSPS) is 24.5. The molecule has 2 rings (SSSR count). The first-order valence-corrected chi connectivity index (χ1v) is 9.06. The maximum atomic E-state index is 11.6. The number of hydrogen-bond donors (Lipinski definition) is 1. The number of aliphatic hydroxyl groups excluding tert-OH is 1. The van der Waals surface area contributed by atoms with Crippen molar-refractivity contribution in [2.75, 3.05) is 12.9 Å². The molecular weight excluding hydrogens is 288 g/mol. The fourth-order valence-corrected chi connectivity index (χ4v) is 4.81. The van der Waals surface area contributed by atoms with Crippen molar-refractivity contribution in [1.82, 2.24) is 20.2 Å². The number of hydrogen-bond acceptors (Lipinski definition) is 7. The molecular formula is C10H18N4O3S2. The first-order chi connectivity index (χ1) is 9.00. The maximum absolute atomic E-state index is 11.6. The average Bonchev–Trinajstić information content (AvgIpc) is 2.77. The third-order valence-electron chi connectivity index (χ3n) is 3.27. The first kappa shape index (κ1) is 14.7. The zero-order valence-corrected chi connectivity index (χ0v) is 12.4. The zero-order valence-electron chi connectivity index (χ0n) is 10.8. The lowest BCUT2D eigenvalue weighted by Gasteiger charge is -2.26. The van der Waals surface area contributed by atoms with Crippen LogP contribution in [-0.2, 0) is 16.4 Å². The Bertz CT molecular complexity index is 517. The summed E-state index contributed by atoms with van der Waals surface area (Å²) in [7, 11) is -2.97. The molecule has 19 heavy (non-hydrogen) atoms. The quantitative estimate of drug-likeness (QED) is 0.824. The summed E-state index contributed by atoms with van der Waals surface area (Å²) < 4.78 is 24.8. The van der Waals surface area contributed by atoms with E-state index in [1.54, 1.807) is 4.68 Å². The molecule has 1 heterocycles. The Morgan fingerprint density at radius 2 is 2.26 bits per heavy atom. The molecule has 1 N–H and O–H groups in total. The molecule has 0 bridgehead atoms. The van der Waals surface area contributed by atoms with Gasteiger partial charge in [-0.15, -0.1) is 5.10 Å².